The van der Waals surface area contributed by atoms with Crippen LogP contribution in [0, 0.1) is 6.92 Å². The Kier molecular flexibility index (Phi) is 4.47. The van der Waals surface area contributed by atoms with Crippen LogP contribution in [0.5, 0.6) is 5.75 Å². The van der Waals surface area contributed by atoms with Crippen LogP contribution in [0.15, 0.2) is 18.2 Å². The van der Waals surface area contributed by atoms with Gasteiger partial charge in [-0.25, -0.2) is 4.79 Å². The lowest BCUT2D eigenvalue weighted by atomic mass is 9.89. The normalized spacial score (nSPS) is 17.0. The van der Waals surface area contributed by atoms with Crippen LogP contribution in [0.1, 0.15) is 28.8 Å². The van der Waals surface area contributed by atoms with E-state index in [4.69, 9.17) is 9.47 Å². The summed E-state index contributed by atoms with van der Waals surface area (Å²) in [7, 11) is 1.55. The number of rotatable bonds is 4. The van der Waals surface area contributed by atoms with E-state index in [1.807, 2.05) is 0 Å². The summed E-state index contributed by atoms with van der Waals surface area (Å²) in [6, 6.07) is 5.06. The summed E-state index contributed by atoms with van der Waals surface area (Å²) in [4.78, 5) is 23.9. The number of hydrogen-bond donors (Lipinski definition) is 2. The van der Waals surface area contributed by atoms with Crippen LogP contribution in [0.4, 0.5) is 0 Å². The van der Waals surface area contributed by atoms with Crippen LogP contribution in [-0.2, 0) is 9.53 Å². The number of aryl methyl sites for hydroxylation is 1. The van der Waals surface area contributed by atoms with Gasteiger partial charge in [0.05, 0.1) is 7.11 Å². The zero-order valence-corrected chi connectivity index (χ0v) is 12.1. The maximum Gasteiger partial charge on any atom is 0.329 e. The SMILES string of the molecule is COc1ccc(C(=O)NC2(C(=O)O)CCOCC2)c(C)c1. The third kappa shape index (κ3) is 3.16. The van der Waals surface area contributed by atoms with Gasteiger partial charge in [-0.1, -0.05) is 0 Å². The number of hydrogen-bond acceptors (Lipinski definition) is 4. The molecule has 1 aliphatic rings. The number of methoxy groups -OCH3 is 1. The second kappa shape index (κ2) is 6.13. The van der Waals surface area contributed by atoms with Crippen LogP contribution in [-0.4, -0.2) is 42.8 Å². The summed E-state index contributed by atoms with van der Waals surface area (Å²) in [5.74, 6) is -0.757. The molecule has 1 saturated heterocycles. The van der Waals surface area contributed by atoms with E-state index in [0.29, 0.717) is 24.5 Å². The Morgan fingerprint density at radius 3 is 2.52 bits per heavy atom. The van der Waals surface area contributed by atoms with Crippen molar-refractivity contribution < 1.29 is 24.2 Å². The third-order valence-corrected chi connectivity index (χ3v) is 3.79. The molecule has 0 radical (unpaired) electrons. The molecule has 0 spiro atoms. The number of aliphatic carboxylic acids is 1. The van der Waals surface area contributed by atoms with Gasteiger partial charge in [0.15, 0.2) is 0 Å². The van der Waals surface area contributed by atoms with Gasteiger partial charge in [-0.2, -0.15) is 0 Å². The van der Waals surface area contributed by atoms with E-state index in [1.54, 1.807) is 32.2 Å². The van der Waals surface area contributed by atoms with Gasteiger partial charge in [-0.15, -0.1) is 0 Å². The molecule has 1 fully saturated rings. The molecule has 2 N–H and O–H groups in total. The van der Waals surface area contributed by atoms with Crippen LogP contribution in [0.25, 0.3) is 0 Å². The quantitative estimate of drug-likeness (QED) is 0.875. The minimum absolute atomic E-state index is 0.267. The first-order valence-electron chi connectivity index (χ1n) is 6.77. The molecule has 0 saturated carbocycles. The summed E-state index contributed by atoms with van der Waals surface area (Å²) in [5, 5.41) is 12.1. The van der Waals surface area contributed by atoms with Gasteiger partial charge >= 0.3 is 5.97 Å². The molecule has 6 heteroatoms. The highest BCUT2D eigenvalue weighted by Gasteiger charge is 2.41. The Morgan fingerprint density at radius 1 is 1.33 bits per heavy atom. The molecule has 2 rings (SSSR count). The zero-order valence-electron chi connectivity index (χ0n) is 12.1. The van der Waals surface area contributed by atoms with E-state index in [0.717, 1.165) is 5.56 Å². The van der Waals surface area contributed by atoms with Crippen molar-refractivity contribution in [1.82, 2.24) is 5.32 Å². The zero-order chi connectivity index (χ0) is 15.5. The lowest BCUT2D eigenvalue weighted by Gasteiger charge is -2.34. The molecule has 1 amide bonds. The highest BCUT2D eigenvalue weighted by molar-refractivity contribution is 5.99. The van der Waals surface area contributed by atoms with Crippen LogP contribution < -0.4 is 10.1 Å². The standard InChI is InChI=1S/C15H19NO5/c1-10-9-11(20-2)3-4-12(10)13(17)16-15(14(18)19)5-7-21-8-6-15/h3-4,9H,5-8H2,1-2H3,(H,16,17)(H,18,19). The van der Waals surface area contributed by atoms with E-state index in [9.17, 15) is 14.7 Å². The Hall–Kier alpha value is -2.08. The Bertz CT molecular complexity index is 549. The number of carboxylic acids is 1. The fraction of sp³-hybridized carbons (Fsp3) is 0.467. The summed E-state index contributed by atoms with van der Waals surface area (Å²) in [6.07, 6.45) is 0.534. The van der Waals surface area contributed by atoms with Crippen molar-refractivity contribution in [2.75, 3.05) is 20.3 Å². The lowest BCUT2D eigenvalue weighted by Crippen LogP contribution is -2.57. The van der Waals surface area contributed by atoms with Gasteiger partial charge in [0, 0.05) is 31.6 Å². The van der Waals surface area contributed by atoms with Gasteiger partial charge in [-0.05, 0) is 30.7 Å². The van der Waals surface area contributed by atoms with Gasteiger partial charge < -0.3 is 19.9 Å². The Morgan fingerprint density at radius 2 is 2.00 bits per heavy atom. The first-order valence-corrected chi connectivity index (χ1v) is 6.77. The fourth-order valence-electron chi connectivity index (χ4n) is 2.41. The molecule has 0 aliphatic carbocycles. The van der Waals surface area contributed by atoms with Crippen molar-refractivity contribution in [2.24, 2.45) is 0 Å². The van der Waals surface area contributed by atoms with E-state index in [1.165, 1.54) is 0 Å². The van der Waals surface area contributed by atoms with Crippen molar-refractivity contribution in [3.63, 3.8) is 0 Å². The number of carboxylic acid groups (broad SMARTS) is 1. The lowest BCUT2D eigenvalue weighted by molar-refractivity contribution is -0.148. The van der Waals surface area contributed by atoms with Gasteiger partial charge in [0.2, 0.25) is 0 Å². The minimum Gasteiger partial charge on any atom is -0.497 e. The minimum atomic E-state index is -1.25. The van der Waals surface area contributed by atoms with Gasteiger partial charge in [0.25, 0.3) is 5.91 Å². The first-order chi connectivity index (χ1) is 9.98. The molecular formula is C15H19NO5. The Labute approximate surface area is 123 Å². The number of carbonyl (C=O) groups excluding carboxylic acids is 1. The number of benzene rings is 1. The van der Waals surface area contributed by atoms with Crippen LogP contribution in [0.2, 0.25) is 0 Å². The van der Waals surface area contributed by atoms with Gasteiger partial charge in [0.1, 0.15) is 11.3 Å². The van der Waals surface area contributed by atoms with Crippen molar-refractivity contribution in [3.8, 4) is 5.75 Å². The second-order valence-electron chi connectivity index (χ2n) is 5.13. The average Bonchev–Trinajstić information content (AvgIpc) is 2.47. The largest absolute Gasteiger partial charge is 0.497 e. The molecule has 0 atom stereocenters. The molecule has 1 aromatic rings. The fourth-order valence-corrected chi connectivity index (χ4v) is 2.41. The molecule has 0 unspecified atom stereocenters. The van der Waals surface area contributed by atoms with E-state index in [2.05, 4.69) is 5.32 Å². The molecular weight excluding hydrogens is 274 g/mol. The van der Waals surface area contributed by atoms with E-state index < -0.39 is 11.5 Å². The molecule has 1 aromatic carbocycles. The molecule has 0 bridgehead atoms. The topological polar surface area (TPSA) is 84.9 Å². The highest BCUT2D eigenvalue weighted by atomic mass is 16.5. The highest BCUT2D eigenvalue weighted by Crippen LogP contribution is 2.23. The maximum atomic E-state index is 12.4. The summed E-state index contributed by atoms with van der Waals surface area (Å²) in [5.41, 5.74) is -0.0656. The predicted molar refractivity (Wildman–Crippen MR) is 75.6 cm³/mol. The number of ether oxygens (including phenoxy) is 2. The predicted octanol–water partition coefficient (Wildman–Crippen LogP) is 1.37. The summed E-state index contributed by atoms with van der Waals surface area (Å²) in [6.45, 7) is 2.44. The second-order valence-corrected chi connectivity index (χ2v) is 5.13. The van der Waals surface area contributed by atoms with Crippen molar-refractivity contribution in [2.45, 2.75) is 25.3 Å². The number of carbonyl (C=O) groups is 2. The molecule has 1 aliphatic heterocycles. The van der Waals surface area contributed by atoms with E-state index >= 15 is 0 Å². The maximum absolute atomic E-state index is 12.4. The number of nitrogens with one attached hydrogen (secondary N) is 1. The first kappa shape index (κ1) is 15.3. The summed E-state index contributed by atoms with van der Waals surface area (Å²) >= 11 is 0. The average molecular weight is 293 g/mol. The number of amides is 1. The van der Waals surface area contributed by atoms with Crippen molar-refractivity contribution in [1.29, 1.82) is 0 Å². The van der Waals surface area contributed by atoms with Crippen LogP contribution in [0.3, 0.4) is 0 Å². The van der Waals surface area contributed by atoms with Crippen LogP contribution >= 0.6 is 0 Å². The molecule has 21 heavy (non-hydrogen) atoms. The van der Waals surface area contributed by atoms with Crippen molar-refractivity contribution >= 4 is 11.9 Å². The molecule has 0 aromatic heterocycles. The van der Waals surface area contributed by atoms with Gasteiger partial charge in [-0.3, -0.25) is 4.79 Å². The van der Waals surface area contributed by atoms with E-state index in [-0.39, 0.29) is 18.7 Å². The summed E-state index contributed by atoms with van der Waals surface area (Å²) < 4.78 is 10.3. The molecule has 114 valence electrons. The van der Waals surface area contributed by atoms with Crippen molar-refractivity contribution in [3.05, 3.63) is 29.3 Å². The third-order valence-electron chi connectivity index (χ3n) is 3.79. The monoisotopic (exact) mass is 293 g/mol. The smallest absolute Gasteiger partial charge is 0.329 e. The molecule has 1 heterocycles. The Balaban J connectivity index is 2.21. The molecule has 6 nitrogen and oxygen atoms in total.